The van der Waals surface area contributed by atoms with Gasteiger partial charge in [-0.3, -0.25) is 4.79 Å². The van der Waals surface area contributed by atoms with Gasteiger partial charge in [0.25, 0.3) is 5.91 Å². The first-order valence-electron chi connectivity index (χ1n) is 7.39. The van der Waals surface area contributed by atoms with Crippen molar-refractivity contribution in [3.8, 4) is 5.75 Å². The molecule has 6 heteroatoms. The first kappa shape index (κ1) is 17.8. The van der Waals surface area contributed by atoms with E-state index in [1.54, 1.807) is 12.1 Å². The van der Waals surface area contributed by atoms with Crippen LogP contribution in [0.3, 0.4) is 0 Å². The molecule has 3 nitrogen and oxygen atoms in total. The standard InChI is InChI=1S/C18H18F3NO2/c1-11-4-8-15(9-5-11)24-13(3)17(23)22-14-7-6-12(2)16(10-14)18(19,20)21/h4-10,13H,1-3H3,(H,22,23). The zero-order valence-electron chi connectivity index (χ0n) is 13.6. The Morgan fingerprint density at radius 1 is 1.08 bits per heavy atom. The molecule has 1 N–H and O–H groups in total. The van der Waals surface area contributed by atoms with Gasteiger partial charge < -0.3 is 10.1 Å². The van der Waals surface area contributed by atoms with Crippen LogP contribution in [0.2, 0.25) is 0 Å². The molecule has 0 aliphatic heterocycles. The monoisotopic (exact) mass is 337 g/mol. The summed E-state index contributed by atoms with van der Waals surface area (Å²) in [6, 6.07) is 10.8. The van der Waals surface area contributed by atoms with Crippen molar-refractivity contribution in [3.05, 3.63) is 59.2 Å². The number of aryl methyl sites for hydroxylation is 2. The molecule has 128 valence electrons. The average molecular weight is 337 g/mol. The number of alkyl halides is 3. The minimum absolute atomic E-state index is 0.0808. The lowest BCUT2D eigenvalue weighted by Gasteiger charge is -2.16. The highest BCUT2D eigenvalue weighted by molar-refractivity contribution is 5.94. The summed E-state index contributed by atoms with van der Waals surface area (Å²) in [7, 11) is 0. The molecule has 0 fully saturated rings. The highest BCUT2D eigenvalue weighted by atomic mass is 19.4. The molecule has 0 heterocycles. The van der Waals surface area contributed by atoms with E-state index in [0.29, 0.717) is 5.75 Å². The molecule has 1 amide bonds. The molecular formula is C18H18F3NO2. The average Bonchev–Trinajstić information content (AvgIpc) is 2.50. The normalized spacial score (nSPS) is 12.6. The molecule has 2 aromatic rings. The fourth-order valence-corrected chi connectivity index (χ4v) is 2.12. The Bertz CT molecular complexity index is 724. The van der Waals surface area contributed by atoms with Gasteiger partial charge >= 0.3 is 6.18 Å². The van der Waals surface area contributed by atoms with E-state index in [0.717, 1.165) is 11.6 Å². The predicted octanol–water partition coefficient (Wildman–Crippen LogP) is 4.73. The minimum Gasteiger partial charge on any atom is -0.481 e. The van der Waals surface area contributed by atoms with Crippen molar-refractivity contribution < 1.29 is 22.7 Å². The first-order chi connectivity index (χ1) is 11.2. The van der Waals surface area contributed by atoms with Gasteiger partial charge in [0.2, 0.25) is 0 Å². The van der Waals surface area contributed by atoms with E-state index in [1.807, 2.05) is 19.1 Å². The van der Waals surface area contributed by atoms with Gasteiger partial charge in [0.1, 0.15) is 5.75 Å². The van der Waals surface area contributed by atoms with Crippen molar-refractivity contribution in [3.63, 3.8) is 0 Å². The molecular weight excluding hydrogens is 319 g/mol. The summed E-state index contributed by atoms with van der Waals surface area (Å²) < 4.78 is 44.2. The molecule has 0 saturated carbocycles. The molecule has 0 aliphatic rings. The summed E-state index contributed by atoms with van der Waals surface area (Å²) in [5.41, 5.74) is 0.466. The maximum atomic E-state index is 12.9. The quantitative estimate of drug-likeness (QED) is 0.876. The molecule has 0 bridgehead atoms. The van der Waals surface area contributed by atoms with E-state index in [-0.39, 0.29) is 11.3 Å². The van der Waals surface area contributed by atoms with Crippen LogP contribution in [0.15, 0.2) is 42.5 Å². The zero-order chi connectivity index (χ0) is 17.9. The maximum absolute atomic E-state index is 12.9. The molecule has 24 heavy (non-hydrogen) atoms. The summed E-state index contributed by atoms with van der Waals surface area (Å²) in [6.07, 6.45) is -5.31. The number of benzene rings is 2. The summed E-state index contributed by atoms with van der Waals surface area (Å²) in [6.45, 7) is 4.83. The predicted molar refractivity (Wildman–Crippen MR) is 86.1 cm³/mol. The minimum atomic E-state index is -4.46. The van der Waals surface area contributed by atoms with Gasteiger partial charge in [0.05, 0.1) is 5.56 Å². The lowest BCUT2D eigenvalue weighted by molar-refractivity contribution is -0.138. The number of nitrogens with one attached hydrogen (secondary N) is 1. The Balaban J connectivity index is 2.07. The highest BCUT2D eigenvalue weighted by Gasteiger charge is 2.32. The lowest BCUT2D eigenvalue weighted by atomic mass is 10.1. The fraction of sp³-hybridized carbons (Fsp3) is 0.278. The van der Waals surface area contributed by atoms with Crippen molar-refractivity contribution in [2.45, 2.75) is 33.1 Å². The molecule has 2 rings (SSSR count). The van der Waals surface area contributed by atoms with E-state index in [2.05, 4.69) is 5.32 Å². The fourth-order valence-electron chi connectivity index (χ4n) is 2.12. The number of hydrogen-bond donors (Lipinski definition) is 1. The topological polar surface area (TPSA) is 38.3 Å². The first-order valence-corrected chi connectivity index (χ1v) is 7.39. The van der Waals surface area contributed by atoms with Crippen molar-refractivity contribution in [2.75, 3.05) is 5.32 Å². The second-order valence-electron chi connectivity index (χ2n) is 5.59. The van der Waals surface area contributed by atoms with Gasteiger partial charge in [0.15, 0.2) is 6.10 Å². The molecule has 0 aliphatic carbocycles. The SMILES string of the molecule is Cc1ccc(OC(C)C(=O)Nc2ccc(C)c(C(F)(F)F)c2)cc1. The summed E-state index contributed by atoms with van der Waals surface area (Å²) in [5, 5.41) is 2.45. The van der Waals surface area contributed by atoms with Gasteiger partial charge in [-0.05, 0) is 50.6 Å². The van der Waals surface area contributed by atoms with Crippen LogP contribution in [0.5, 0.6) is 5.75 Å². The molecule has 1 atom stereocenters. The molecule has 0 aromatic heterocycles. The third-order valence-electron chi connectivity index (χ3n) is 3.51. The molecule has 0 radical (unpaired) electrons. The van der Waals surface area contributed by atoms with Crippen molar-refractivity contribution in [1.82, 2.24) is 0 Å². The lowest BCUT2D eigenvalue weighted by Crippen LogP contribution is -2.30. The van der Waals surface area contributed by atoms with Crippen molar-refractivity contribution in [1.29, 1.82) is 0 Å². The van der Waals surface area contributed by atoms with Crippen molar-refractivity contribution in [2.24, 2.45) is 0 Å². The summed E-state index contributed by atoms with van der Waals surface area (Å²) >= 11 is 0. The maximum Gasteiger partial charge on any atom is 0.416 e. The van der Waals surface area contributed by atoms with Crippen LogP contribution in [0.1, 0.15) is 23.6 Å². The molecule has 2 aromatic carbocycles. The number of carbonyl (C=O) groups excluding carboxylic acids is 1. The summed E-state index contributed by atoms with van der Waals surface area (Å²) in [5.74, 6) is -0.00399. The van der Waals surface area contributed by atoms with E-state index in [1.165, 1.54) is 26.0 Å². The van der Waals surface area contributed by atoms with Gasteiger partial charge in [0, 0.05) is 5.69 Å². The van der Waals surface area contributed by atoms with Crippen LogP contribution in [-0.4, -0.2) is 12.0 Å². The van der Waals surface area contributed by atoms with Crippen molar-refractivity contribution >= 4 is 11.6 Å². The Morgan fingerprint density at radius 2 is 1.71 bits per heavy atom. The highest BCUT2D eigenvalue weighted by Crippen LogP contribution is 2.33. The largest absolute Gasteiger partial charge is 0.481 e. The van der Waals surface area contributed by atoms with Crippen LogP contribution in [0.4, 0.5) is 18.9 Å². The zero-order valence-corrected chi connectivity index (χ0v) is 13.6. The Morgan fingerprint density at radius 3 is 2.29 bits per heavy atom. The van der Waals surface area contributed by atoms with Gasteiger partial charge in [-0.2, -0.15) is 13.2 Å². The Labute approximate surface area is 138 Å². The van der Waals surface area contributed by atoms with E-state index in [4.69, 9.17) is 4.74 Å². The van der Waals surface area contributed by atoms with Gasteiger partial charge in [-0.15, -0.1) is 0 Å². The Kier molecular flexibility index (Phi) is 5.17. The van der Waals surface area contributed by atoms with Crippen LogP contribution < -0.4 is 10.1 Å². The van der Waals surface area contributed by atoms with E-state index >= 15 is 0 Å². The number of rotatable bonds is 4. The number of anilines is 1. The second kappa shape index (κ2) is 6.95. The number of hydrogen-bond acceptors (Lipinski definition) is 2. The second-order valence-corrected chi connectivity index (χ2v) is 5.59. The number of amides is 1. The summed E-state index contributed by atoms with van der Waals surface area (Å²) in [4.78, 5) is 12.1. The van der Waals surface area contributed by atoms with Crippen LogP contribution >= 0.6 is 0 Å². The van der Waals surface area contributed by atoms with Crippen LogP contribution in [0, 0.1) is 13.8 Å². The van der Waals surface area contributed by atoms with Crippen LogP contribution in [-0.2, 0) is 11.0 Å². The smallest absolute Gasteiger partial charge is 0.416 e. The number of carbonyl (C=O) groups is 1. The van der Waals surface area contributed by atoms with Crippen LogP contribution in [0.25, 0.3) is 0 Å². The van der Waals surface area contributed by atoms with E-state index < -0.39 is 23.8 Å². The third-order valence-corrected chi connectivity index (χ3v) is 3.51. The molecule has 0 saturated heterocycles. The number of halogens is 3. The van der Waals surface area contributed by atoms with Gasteiger partial charge in [-0.1, -0.05) is 23.8 Å². The number of ether oxygens (including phenoxy) is 1. The van der Waals surface area contributed by atoms with E-state index in [9.17, 15) is 18.0 Å². The third kappa shape index (κ3) is 4.50. The molecule has 1 unspecified atom stereocenters. The molecule has 0 spiro atoms. The Hall–Kier alpha value is -2.50. The van der Waals surface area contributed by atoms with Gasteiger partial charge in [-0.25, -0.2) is 0 Å².